The first-order valence-electron chi connectivity index (χ1n) is 6.81. The van der Waals surface area contributed by atoms with Crippen LogP contribution in [-0.4, -0.2) is 4.98 Å². The lowest BCUT2D eigenvalue weighted by Crippen LogP contribution is -2.17. The molecule has 1 unspecified atom stereocenters. The fourth-order valence-corrected chi connectivity index (χ4v) is 3.09. The zero-order valence-corrected chi connectivity index (χ0v) is 13.3. The van der Waals surface area contributed by atoms with E-state index in [2.05, 4.69) is 20.8 Å². The third-order valence-corrected chi connectivity index (χ3v) is 4.16. The minimum atomic E-state index is 0.00442. The van der Waals surface area contributed by atoms with Crippen LogP contribution in [0.4, 0.5) is 0 Å². The van der Waals surface area contributed by atoms with Gasteiger partial charge in [-0.3, -0.25) is 0 Å². The summed E-state index contributed by atoms with van der Waals surface area (Å²) in [6.07, 6.45) is 0. The maximum atomic E-state index is 6.06. The van der Waals surface area contributed by atoms with Crippen molar-refractivity contribution in [3.63, 3.8) is 0 Å². The number of nitrogens with zero attached hydrogens (tertiary/aromatic N) is 1. The number of nitrogens with two attached hydrogens (primary N) is 1. The molecule has 0 fully saturated rings. The Morgan fingerprint density at radius 1 is 1.25 bits per heavy atom. The lowest BCUT2D eigenvalue weighted by molar-refractivity contribution is 0.305. The average Bonchev–Trinajstić information content (AvgIpc) is 2.82. The molecule has 1 aromatic carbocycles. The number of hydrogen-bond acceptors (Lipinski definition) is 4. The molecular formula is C16H22N2OS. The monoisotopic (exact) mass is 290 g/mol. The largest absolute Gasteiger partial charge is 0.486 e. The van der Waals surface area contributed by atoms with Gasteiger partial charge in [-0.2, -0.15) is 0 Å². The van der Waals surface area contributed by atoms with Gasteiger partial charge in [-0.25, -0.2) is 4.98 Å². The molecule has 0 spiro atoms. The van der Waals surface area contributed by atoms with Crippen LogP contribution in [0.5, 0.6) is 5.75 Å². The minimum absolute atomic E-state index is 0.00442. The van der Waals surface area contributed by atoms with Gasteiger partial charge in [-0.15, -0.1) is 11.3 Å². The van der Waals surface area contributed by atoms with Gasteiger partial charge >= 0.3 is 0 Å². The fourth-order valence-electron chi connectivity index (χ4n) is 1.95. The molecule has 0 aliphatic heterocycles. The quantitative estimate of drug-likeness (QED) is 0.924. The van der Waals surface area contributed by atoms with Crippen molar-refractivity contribution in [2.24, 2.45) is 5.73 Å². The number of para-hydroxylation sites is 1. The third-order valence-electron chi connectivity index (χ3n) is 2.93. The first-order valence-corrected chi connectivity index (χ1v) is 7.63. The van der Waals surface area contributed by atoms with Crippen LogP contribution in [0.3, 0.4) is 0 Å². The van der Waals surface area contributed by atoms with Crippen molar-refractivity contribution in [2.45, 2.75) is 45.8 Å². The van der Waals surface area contributed by atoms with E-state index in [1.807, 2.05) is 37.3 Å². The maximum absolute atomic E-state index is 6.06. The van der Waals surface area contributed by atoms with E-state index < -0.39 is 0 Å². The predicted octanol–water partition coefficient (Wildman–Crippen LogP) is 4.04. The number of hydrogen-bond donors (Lipinski definition) is 1. The number of benzene rings is 1. The van der Waals surface area contributed by atoms with Crippen LogP contribution in [0.25, 0.3) is 0 Å². The van der Waals surface area contributed by atoms with Gasteiger partial charge in [-0.1, -0.05) is 39.0 Å². The van der Waals surface area contributed by atoms with Gasteiger partial charge < -0.3 is 10.5 Å². The highest BCUT2D eigenvalue weighted by molar-refractivity contribution is 7.11. The first-order chi connectivity index (χ1) is 9.38. The molecule has 1 atom stereocenters. The summed E-state index contributed by atoms with van der Waals surface area (Å²) in [5.41, 5.74) is 7.15. The summed E-state index contributed by atoms with van der Waals surface area (Å²) >= 11 is 1.65. The minimum Gasteiger partial charge on any atom is -0.486 e. The molecule has 0 aliphatic carbocycles. The molecule has 0 saturated heterocycles. The first kappa shape index (κ1) is 15.0. The summed E-state index contributed by atoms with van der Waals surface area (Å²) in [6, 6.07) is 9.81. The van der Waals surface area contributed by atoms with E-state index in [4.69, 9.17) is 15.5 Å². The van der Waals surface area contributed by atoms with Crippen molar-refractivity contribution < 1.29 is 4.74 Å². The van der Waals surface area contributed by atoms with Crippen LogP contribution < -0.4 is 10.5 Å². The van der Waals surface area contributed by atoms with Crippen LogP contribution in [0.15, 0.2) is 30.3 Å². The van der Waals surface area contributed by atoms with Crippen molar-refractivity contribution in [3.8, 4) is 5.75 Å². The highest BCUT2D eigenvalue weighted by Crippen LogP contribution is 2.33. The SMILES string of the molecule is CC(N)c1sc(COc2ccccc2)nc1C(C)(C)C. The molecule has 0 radical (unpaired) electrons. The van der Waals surface area contributed by atoms with Crippen LogP contribution in [-0.2, 0) is 12.0 Å². The van der Waals surface area contributed by atoms with E-state index in [0.29, 0.717) is 6.61 Å². The zero-order valence-electron chi connectivity index (χ0n) is 12.5. The van der Waals surface area contributed by atoms with Gasteiger partial charge in [0.15, 0.2) is 0 Å². The Hall–Kier alpha value is -1.39. The summed E-state index contributed by atoms with van der Waals surface area (Å²) in [4.78, 5) is 5.89. The van der Waals surface area contributed by atoms with Crippen molar-refractivity contribution in [1.82, 2.24) is 4.98 Å². The molecule has 0 amide bonds. The Kier molecular flexibility index (Phi) is 4.45. The lowest BCUT2D eigenvalue weighted by atomic mass is 9.90. The number of thiazole rings is 1. The maximum Gasteiger partial charge on any atom is 0.140 e. The Bertz CT molecular complexity index is 556. The number of rotatable bonds is 4. The zero-order chi connectivity index (χ0) is 14.8. The second-order valence-electron chi connectivity index (χ2n) is 5.96. The molecule has 0 bridgehead atoms. The highest BCUT2D eigenvalue weighted by Gasteiger charge is 2.24. The molecule has 0 aliphatic rings. The summed E-state index contributed by atoms with van der Waals surface area (Å²) in [6.45, 7) is 8.98. The Morgan fingerprint density at radius 2 is 1.90 bits per heavy atom. The van der Waals surface area contributed by atoms with Gasteiger partial charge in [-0.05, 0) is 19.1 Å². The summed E-state index contributed by atoms with van der Waals surface area (Å²) in [5, 5.41) is 0.978. The van der Waals surface area contributed by atoms with Gasteiger partial charge in [0.2, 0.25) is 0 Å². The molecule has 2 N–H and O–H groups in total. The van der Waals surface area contributed by atoms with E-state index in [1.165, 1.54) is 0 Å². The summed E-state index contributed by atoms with van der Waals surface area (Å²) in [5.74, 6) is 0.863. The average molecular weight is 290 g/mol. The van der Waals surface area contributed by atoms with E-state index in [1.54, 1.807) is 11.3 Å². The molecule has 3 nitrogen and oxygen atoms in total. The molecule has 4 heteroatoms. The van der Waals surface area contributed by atoms with Gasteiger partial charge in [0.05, 0.1) is 5.69 Å². The van der Waals surface area contributed by atoms with E-state index >= 15 is 0 Å². The molecule has 1 heterocycles. The Labute approximate surface area is 124 Å². The van der Waals surface area contributed by atoms with E-state index in [-0.39, 0.29) is 11.5 Å². The fraction of sp³-hybridized carbons (Fsp3) is 0.438. The molecule has 108 valence electrons. The number of aromatic nitrogens is 1. The molecule has 20 heavy (non-hydrogen) atoms. The predicted molar refractivity (Wildman–Crippen MR) is 84.2 cm³/mol. The molecule has 1 aromatic heterocycles. The van der Waals surface area contributed by atoms with E-state index in [9.17, 15) is 0 Å². The van der Waals surface area contributed by atoms with Crippen LogP contribution >= 0.6 is 11.3 Å². The van der Waals surface area contributed by atoms with Crippen molar-refractivity contribution in [1.29, 1.82) is 0 Å². The van der Waals surface area contributed by atoms with E-state index in [0.717, 1.165) is 21.3 Å². The summed E-state index contributed by atoms with van der Waals surface area (Å²) in [7, 11) is 0. The summed E-state index contributed by atoms with van der Waals surface area (Å²) < 4.78 is 5.76. The smallest absolute Gasteiger partial charge is 0.140 e. The second kappa shape index (κ2) is 5.94. The third kappa shape index (κ3) is 3.58. The van der Waals surface area contributed by atoms with Gasteiger partial charge in [0.25, 0.3) is 0 Å². The van der Waals surface area contributed by atoms with Crippen molar-refractivity contribution in [3.05, 3.63) is 45.9 Å². The normalized spacial score (nSPS) is 13.2. The topological polar surface area (TPSA) is 48.1 Å². The van der Waals surface area contributed by atoms with Crippen LogP contribution in [0, 0.1) is 0 Å². The van der Waals surface area contributed by atoms with Gasteiger partial charge in [0.1, 0.15) is 17.4 Å². The standard InChI is InChI=1S/C16H22N2OS/c1-11(17)14-15(16(2,3)4)18-13(20-14)10-19-12-8-6-5-7-9-12/h5-9,11H,10,17H2,1-4H3. The van der Waals surface area contributed by atoms with Gasteiger partial charge in [0, 0.05) is 16.3 Å². The lowest BCUT2D eigenvalue weighted by Gasteiger charge is -2.18. The second-order valence-corrected chi connectivity index (χ2v) is 7.08. The van der Waals surface area contributed by atoms with Crippen LogP contribution in [0.2, 0.25) is 0 Å². The Morgan fingerprint density at radius 3 is 2.40 bits per heavy atom. The molecule has 2 aromatic rings. The van der Waals surface area contributed by atoms with Crippen molar-refractivity contribution >= 4 is 11.3 Å². The van der Waals surface area contributed by atoms with Crippen molar-refractivity contribution in [2.75, 3.05) is 0 Å². The molecule has 2 rings (SSSR count). The Balaban J connectivity index is 2.17. The number of ether oxygens (including phenoxy) is 1. The highest BCUT2D eigenvalue weighted by atomic mass is 32.1. The molecular weight excluding hydrogens is 268 g/mol. The van der Waals surface area contributed by atoms with Crippen LogP contribution in [0.1, 0.15) is 49.3 Å². The molecule has 0 saturated carbocycles.